The Morgan fingerprint density at radius 1 is 1.08 bits per heavy atom. The standard InChI is InChI=1S/C16H15N3O4S/c20-24(21,12-2-4-15-16(8-12)23-6-5-22-15)19-9-11-1-3-13-14(7-11)18-10-17-13/h1-4,7-8,10,19H,5-6,9H2,(H,17,18). The molecule has 0 saturated heterocycles. The molecule has 2 heterocycles. The highest BCUT2D eigenvalue weighted by Gasteiger charge is 2.19. The van der Waals surface area contributed by atoms with Gasteiger partial charge < -0.3 is 14.5 Å². The van der Waals surface area contributed by atoms with E-state index in [-0.39, 0.29) is 11.4 Å². The molecule has 24 heavy (non-hydrogen) atoms. The monoisotopic (exact) mass is 345 g/mol. The van der Waals surface area contributed by atoms with Crippen molar-refractivity contribution in [3.8, 4) is 11.5 Å². The van der Waals surface area contributed by atoms with Gasteiger partial charge in [-0.3, -0.25) is 0 Å². The Kier molecular flexibility index (Phi) is 3.62. The van der Waals surface area contributed by atoms with E-state index in [2.05, 4.69) is 14.7 Å². The van der Waals surface area contributed by atoms with Gasteiger partial charge in [-0.2, -0.15) is 0 Å². The molecule has 7 nitrogen and oxygen atoms in total. The minimum absolute atomic E-state index is 0.148. The van der Waals surface area contributed by atoms with Crippen LogP contribution >= 0.6 is 0 Å². The second-order valence-corrected chi connectivity index (χ2v) is 7.15. The fraction of sp³-hybridized carbons (Fsp3) is 0.188. The molecular weight excluding hydrogens is 330 g/mol. The highest BCUT2D eigenvalue weighted by molar-refractivity contribution is 7.89. The Morgan fingerprint density at radius 2 is 1.92 bits per heavy atom. The number of sulfonamides is 1. The maximum Gasteiger partial charge on any atom is 0.241 e. The summed E-state index contributed by atoms with van der Waals surface area (Å²) >= 11 is 0. The maximum absolute atomic E-state index is 12.5. The van der Waals surface area contributed by atoms with E-state index < -0.39 is 10.0 Å². The number of benzene rings is 2. The molecule has 1 aromatic heterocycles. The molecule has 1 aliphatic rings. The van der Waals surface area contributed by atoms with Crippen LogP contribution in [0.4, 0.5) is 0 Å². The number of hydrogen-bond acceptors (Lipinski definition) is 5. The first-order valence-electron chi connectivity index (χ1n) is 7.43. The average Bonchev–Trinajstić information content (AvgIpc) is 3.07. The lowest BCUT2D eigenvalue weighted by Crippen LogP contribution is -2.23. The third kappa shape index (κ3) is 2.81. The zero-order chi connectivity index (χ0) is 16.6. The van der Waals surface area contributed by atoms with Gasteiger partial charge in [-0.1, -0.05) is 6.07 Å². The highest BCUT2D eigenvalue weighted by Crippen LogP contribution is 2.32. The van der Waals surface area contributed by atoms with Crippen LogP contribution in [0.25, 0.3) is 11.0 Å². The summed E-state index contributed by atoms with van der Waals surface area (Å²) in [5, 5.41) is 0. The predicted molar refractivity (Wildman–Crippen MR) is 87.6 cm³/mol. The number of fused-ring (bicyclic) bond motifs is 2. The number of aromatic amines is 1. The summed E-state index contributed by atoms with van der Waals surface area (Å²) in [5.41, 5.74) is 2.55. The summed E-state index contributed by atoms with van der Waals surface area (Å²) in [6, 6.07) is 10.2. The molecule has 124 valence electrons. The van der Waals surface area contributed by atoms with Crippen molar-refractivity contribution in [2.75, 3.05) is 13.2 Å². The van der Waals surface area contributed by atoms with Gasteiger partial charge in [-0.15, -0.1) is 0 Å². The maximum atomic E-state index is 12.5. The molecule has 2 N–H and O–H groups in total. The van der Waals surface area contributed by atoms with Gasteiger partial charge in [0.05, 0.1) is 22.3 Å². The van der Waals surface area contributed by atoms with Crippen LogP contribution < -0.4 is 14.2 Å². The molecule has 8 heteroatoms. The Labute approximate surface area is 138 Å². The summed E-state index contributed by atoms with van der Waals surface area (Å²) in [6.07, 6.45) is 1.60. The molecule has 0 bridgehead atoms. The van der Waals surface area contributed by atoms with Crippen molar-refractivity contribution in [1.82, 2.24) is 14.7 Å². The van der Waals surface area contributed by atoms with Crippen LogP contribution in [0.3, 0.4) is 0 Å². The van der Waals surface area contributed by atoms with Gasteiger partial charge in [0.1, 0.15) is 13.2 Å². The summed E-state index contributed by atoms with van der Waals surface area (Å²) < 4.78 is 38.4. The van der Waals surface area contributed by atoms with Crippen LogP contribution in [0.2, 0.25) is 0 Å². The fourth-order valence-corrected chi connectivity index (χ4v) is 3.58. The van der Waals surface area contributed by atoms with Gasteiger partial charge in [0.15, 0.2) is 11.5 Å². The second kappa shape index (κ2) is 5.81. The minimum atomic E-state index is -3.64. The number of nitrogens with one attached hydrogen (secondary N) is 2. The first-order chi connectivity index (χ1) is 11.6. The Hall–Kier alpha value is -2.58. The van der Waals surface area contributed by atoms with Crippen LogP contribution in [0.1, 0.15) is 5.56 Å². The molecule has 0 amide bonds. The molecule has 0 spiro atoms. The van der Waals surface area contributed by atoms with E-state index in [1.54, 1.807) is 12.4 Å². The van der Waals surface area contributed by atoms with Crippen LogP contribution in [-0.2, 0) is 16.6 Å². The van der Waals surface area contributed by atoms with E-state index in [9.17, 15) is 8.42 Å². The van der Waals surface area contributed by atoms with Gasteiger partial charge in [-0.05, 0) is 29.8 Å². The van der Waals surface area contributed by atoms with Crippen molar-refractivity contribution < 1.29 is 17.9 Å². The third-order valence-corrected chi connectivity index (χ3v) is 5.17. The summed E-state index contributed by atoms with van der Waals surface area (Å²) in [6.45, 7) is 1.06. The predicted octanol–water partition coefficient (Wildman–Crippen LogP) is 1.81. The van der Waals surface area contributed by atoms with Crippen molar-refractivity contribution >= 4 is 21.1 Å². The molecule has 1 aliphatic heterocycles. The molecule has 0 atom stereocenters. The third-order valence-electron chi connectivity index (χ3n) is 3.77. The molecule has 0 aliphatic carbocycles. The summed E-state index contributed by atoms with van der Waals surface area (Å²) in [7, 11) is -3.64. The highest BCUT2D eigenvalue weighted by atomic mass is 32.2. The van der Waals surface area contributed by atoms with Crippen molar-refractivity contribution in [1.29, 1.82) is 0 Å². The lowest BCUT2D eigenvalue weighted by Gasteiger charge is -2.18. The van der Waals surface area contributed by atoms with Gasteiger partial charge >= 0.3 is 0 Å². The Morgan fingerprint density at radius 3 is 2.79 bits per heavy atom. The van der Waals surface area contributed by atoms with E-state index in [1.807, 2.05) is 18.2 Å². The van der Waals surface area contributed by atoms with Crippen molar-refractivity contribution in [2.24, 2.45) is 0 Å². The summed E-state index contributed by atoms with van der Waals surface area (Å²) in [5.74, 6) is 1.01. The first-order valence-corrected chi connectivity index (χ1v) is 8.91. The van der Waals surface area contributed by atoms with Gasteiger partial charge in [-0.25, -0.2) is 18.1 Å². The van der Waals surface area contributed by atoms with Gasteiger partial charge in [0.25, 0.3) is 0 Å². The van der Waals surface area contributed by atoms with E-state index >= 15 is 0 Å². The van der Waals surface area contributed by atoms with E-state index in [4.69, 9.17) is 9.47 Å². The molecule has 0 unspecified atom stereocenters. The number of ether oxygens (including phenoxy) is 2. The molecule has 0 radical (unpaired) electrons. The topological polar surface area (TPSA) is 93.3 Å². The minimum Gasteiger partial charge on any atom is -0.486 e. The molecule has 0 fully saturated rings. The van der Waals surface area contributed by atoms with Gasteiger partial charge in [0, 0.05) is 12.6 Å². The quantitative estimate of drug-likeness (QED) is 0.752. The molecular formula is C16H15N3O4S. The Balaban J connectivity index is 1.54. The van der Waals surface area contributed by atoms with E-state index in [1.165, 1.54) is 12.1 Å². The number of aromatic nitrogens is 2. The lowest BCUT2D eigenvalue weighted by molar-refractivity contribution is 0.171. The number of rotatable bonds is 4. The normalized spacial score (nSPS) is 14.0. The summed E-state index contributed by atoms with van der Waals surface area (Å²) in [4.78, 5) is 7.29. The second-order valence-electron chi connectivity index (χ2n) is 5.38. The van der Waals surface area contributed by atoms with Crippen LogP contribution in [0.5, 0.6) is 11.5 Å². The zero-order valence-electron chi connectivity index (χ0n) is 12.7. The van der Waals surface area contributed by atoms with Crippen LogP contribution in [-0.4, -0.2) is 31.6 Å². The lowest BCUT2D eigenvalue weighted by atomic mass is 10.2. The SMILES string of the molecule is O=S(=O)(NCc1ccc2nc[nH]c2c1)c1ccc2c(c1)OCCO2. The van der Waals surface area contributed by atoms with Crippen molar-refractivity contribution in [2.45, 2.75) is 11.4 Å². The largest absolute Gasteiger partial charge is 0.486 e. The molecule has 4 rings (SSSR count). The van der Waals surface area contributed by atoms with Gasteiger partial charge in [0.2, 0.25) is 10.0 Å². The number of imidazole rings is 1. The van der Waals surface area contributed by atoms with Crippen LogP contribution in [0, 0.1) is 0 Å². The zero-order valence-corrected chi connectivity index (χ0v) is 13.5. The molecule has 3 aromatic rings. The molecule has 0 saturated carbocycles. The van der Waals surface area contributed by atoms with E-state index in [0.29, 0.717) is 24.7 Å². The van der Waals surface area contributed by atoms with Crippen molar-refractivity contribution in [3.05, 3.63) is 48.3 Å². The number of H-pyrrole nitrogens is 1. The smallest absolute Gasteiger partial charge is 0.241 e. The van der Waals surface area contributed by atoms with E-state index in [0.717, 1.165) is 16.6 Å². The Bertz CT molecular complexity index is 997. The van der Waals surface area contributed by atoms with Crippen LogP contribution in [0.15, 0.2) is 47.6 Å². The number of nitrogens with zero attached hydrogens (tertiary/aromatic N) is 1. The average molecular weight is 345 g/mol. The first kappa shape index (κ1) is 15.0. The fourth-order valence-electron chi connectivity index (χ4n) is 2.55. The van der Waals surface area contributed by atoms with Crippen molar-refractivity contribution in [3.63, 3.8) is 0 Å². The molecule has 2 aromatic carbocycles. The number of hydrogen-bond donors (Lipinski definition) is 2.